The molecule has 1 heterocycles. The molecule has 0 aliphatic carbocycles. The minimum atomic E-state index is -0.149. The Morgan fingerprint density at radius 1 is 1.40 bits per heavy atom. The number of nitrogens with zero attached hydrogens (tertiary/aromatic N) is 2. The molecule has 108 valence electrons. The summed E-state index contributed by atoms with van der Waals surface area (Å²) in [6.45, 7) is 4.89. The highest BCUT2D eigenvalue weighted by molar-refractivity contribution is 5.28. The van der Waals surface area contributed by atoms with Crippen molar-refractivity contribution in [1.29, 1.82) is 0 Å². The van der Waals surface area contributed by atoms with Gasteiger partial charge >= 0.3 is 0 Å². The van der Waals surface area contributed by atoms with Crippen molar-refractivity contribution in [2.75, 3.05) is 6.54 Å². The summed E-state index contributed by atoms with van der Waals surface area (Å²) in [5, 5.41) is 7.73. The monoisotopic (exact) mass is 275 g/mol. The second kappa shape index (κ2) is 6.66. The van der Waals surface area contributed by atoms with E-state index in [2.05, 4.69) is 17.3 Å². The van der Waals surface area contributed by atoms with Crippen LogP contribution in [0.5, 0.6) is 0 Å². The summed E-state index contributed by atoms with van der Waals surface area (Å²) in [5.74, 6) is -0.149. The van der Waals surface area contributed by atoms with E-state index in [0.717, 1.165) is 24.9 Å². The Morgan fingerprint density at radius 2 is 2.20 bits per heavy atom. The molecule has 3 nitrogen and oxygen atoms in total. The van der Waals surface area contributed by atoms with Crippen LogP contribution < -0.4 is 5.32 Å². The molecule has 0 saturated carbocycles. The first-order valence-electron chi connectivity index (χ1n) is 7.07. The van der Waals surface area contributed by atoms with Crippen LogP contribution in [0, 0.1) is 12.7 Å². The van der Waals surface area contributed by atoms with Crippen molar-refractivity contribution >= 4 is 0 Å². The molecule has 1 N–H and O–H groups in total. The Bertz CT molecular complexity index is 563. The molecule has 0 aliphatic rings. The molecule has 2 aromatic rings. The van der Waals surface area contributed by atoms with E-state index in [9.17, 15) is 4.39 Å². The van der Waals surface area contributed by atoms with Gasteiger partial charge in [-0.25, -0.2) is 4.39 Å². The van der Waals surface area contributed by atoms with E-state index in [0.29, 0.717) is 5.56 Å². The summed E-state index contributed by atoms with van der Waals surface area (Å²) in [6, 6.07) is 5.54. The van der Waals surface area contributed by atoms with Gasteiger partial charge < -0.3 is 5.32 Å². The van der Waals surface area contributed by atoms with Gasteiger partial charge in [-0.15, -0.1) is 0 Å². The van der Waals surface area contributed by atoms with Crippen LogP contribution in [0.4, 0.5) is 4.39 Å². The number of aryl methyl sites for hydroxylation is 2. The van der Waals surface area contributed by atoms with Gasteiger partial charge in [-0.05, 0) is 49.1 Å². The lowest BCUT2D eigenvalue weighted by molar-refractivity contribution is 0.526. The van der Waals surface area contributed by atoms with Crippen molar-refractivity contribution in [2.45, 2.75) is 32.7 Å². The highest BCUT2D eigenvalue weighted by Gasteiger charge is 2.13. The maximum atomic E-state index is 13.4. The van der Waals surface area contributed by atoms with Gasteiger partial charge in [0.25, 0.3) is 0 Å². The Kier molecular flexibility index (Phi) is 4.90. The predicted molar refractivity (Wildman–Crippen MR) is 79.1 cm³/mol. The fourth-order valence-corrected chi connectivity index (χ4v) is 2.32. The van der Waals surface area contributed by atoms with E-state index in [1.807, 2.05) is 36.3 Å². The van der Waals surface area contributed by atoms with E-state index in [1.165, 1.54) is 5.56 Å². The van der Waals surface area contributed by atoms with Gasteiger partial charge in [-0.1, -0.05) is 19.1 Å². The van der Waals surface area contributed by atoms with Crippen molar-refractivity contribution < 1.29 is 4.39 Å². The summed E-state index contributed by atoms with van der Waals surface area (Å²) >= 11 is 0. The standard InChI is InChI=1S/C16H22FN3/c1-4-7-18-16(9-13-10-19-20(3)11-13)14-5-6-15(17)12(2)8-14/h5-6,8,10-11,16,18H,4,7,9H2,1-3H3. The van der Waals surface area contributed by atoms with E-state index in [-0.39, 0.29) is 11.9 Å². The largest absolute Gasteiger partial charge is 0.310 e. The quantitative estimate of drug-likeness (QED) is 0.877. The molecule has 1 aromatic carbocycles. The van der Waals surface area contributed by atoms with Gasteiger partial charge in [0.1, 0.15) is 5.82 Å². The Labute approximate surface area is 119 Å². The third kappa shape index (κ3) is 3.67. The summed E-state index contributed by atoms with van der Waals surface area (Å²) in [4.78, 5) is 0. The number of nitrogens with one attached hydrogen (secondary N) is 1. The maximum Gasteiger partial charge on any atom is 0.126 e. The fourth-order valence-electron chi connectivity index (χ4n) is 2.32. The lowest BCUT2D eigenvalue weighted by atomic mass is 9.98. The average Bonchev–Trinajstić information content (AvgIpc) is 2.83. The number of rotatable bonds is 6. The number of aromatic nitrogens is 2. The highest BCUT2D eigenvalue weighted by Crippen LogP contribution is 2.20. The molecule has 20 heavy (non-hydrogen) atoms. The minimum Gasteiger partial charge on any atom is -0.310 e. The van der Waals surface area contributed by atoms with Crippen molar-refractivity contribution in [3.63, 3.8) is 0 Å². The smallest absolute Gasteiger partial charge is 0.126 e. The van der Waals surface area contributed by atoms with Crippen molar-refractivity contribution in [3.05, 3.63) is 53.1 Å². The van der Waals surface area contributed by atoms with Crippen molar-refractivity contribution in [2.24, 2.45) is 7.05 Å². The Hall–Kier alpha value is -1.68. The zero-order chi connectivity index (χ0) is 14.5. The maximum absolute atomic E-state index is 13.4. The van der Waals surface area contributed by atoms with Crippen LogP contribution in [-0.4, -0.2) is 16.3 Å². The molecular weight excluding hydrogens is 253 g/mol. The molecule has 0 saturated heterocycles. The van der Waals surface area contributed by atoms with Crippen LogP contribution in [-0.2, 0) is 13.5 Å². The lowest BCUT2D eigenvalue weighted by Gasteiger charge is -2.19. The first-order valence-corrected chi connectivity index (χ1v) is 7.07. The minimum absolute atomic E-state index is 0.149. The zero-order valence-electron chi connectivity index (χ0n) is 12.4. The molecule has 0 amide bonds. The summed E-state index contributed by atoms with van der Waals surface area (Å²) in [5.41, 5.74) is 3.00. The Balaban J connectivity index is 2.19. The molecule has 0 fully saturated rings. The van der Waals surface area contributed by atoms with Crippen LogP contribution >= 0.6 is 0 Å². The SMILES string of the molecule is CCCNC(Cc1cnn(C)c1)c1ccc(F)c(C)c1. The molecule has 0 radical (unpaired) electrons. The molecule has 1 atom stereocenters. The zero-order valence-corrected chi connectivity index (χ0v) is 12.4. The molecule has 2 rings (SSSR count). The van der Waals surface area contributed by atoms with E-state index in [4.69, 9.17) is 0 Å². The second-order valence-corrected chi connectivity index (χ2v) is 5.24. The van der Waals surface area contributed by atoms with Gasteiger partial charge in [-0.2, -0.15) is 5.10 Å². The fraction of sp³-hybridized carbons (Fsp3) is 0.438. The van der Waals surface area contributed by atoms with Gasteiger partial charge in [0.05, 0.1) is 6.20 Å². The molecular formula is C16H22FN3. The predicted octanol–water partition coefficient (Wildman–Crippen LogP) is 3.15. The van der Waals surface area contributed by atoms with Gasteiger partial charge in [-0.3, -0.25) is 4.68 Å². The Morgan fingerprint density at radius 3 is 2.80 bits per heavy atom. The summed E-state index contributed by atoms with van der Waals surface area (Å²) < 4.78 is 15.2. The molecule has 0 aliphatic heterocycles. The van der Waals surface area contributed by atoms with E-state index >= 15 is 0 Å². The molecule has 0 bridgehead atoms. The van der Waals surface area contributed by atoms with Crippen LogP contribution in [0.15, 0.2) is 30.6 Å². The average molecular weight is 275 g/mol. The van der Waals surface area contributed by atoms with E-state index in [1.54, 1.807) is 13.0 Å². The van der Waals surface area contributed by atoms with Crippen LogP contribution in [0.1, 0.15) is 36.1 Å². The van der Waals surface area contributed by atoms with E-state index < -0.39 is 0 Å². The summed E-state index contributed by atoms with van der Waals surface area (Å²) in [7, 11) is 1.92. The number of hydrogen-bond acceptors (Lipinski definition) is 2. The van der Waals surface area contributed by atoms with Crippen molar-refractivity contribution in [3.8, 4) is 0 Å². The third-order valence-corrected chi connectivity index (χ3v) is 3.42. The third-order valence-electron chi connectivity index (χ3n) is 3.42. The lowest BCUT2D eigenvalue weighted by Crippen LogP contribution is -2.24. The van der Waals surface area contributed by atoms with Crippen LogP contribution in [0.2, 0.25) is 0 Å². The molecule has 0 spiro atoms. The normalized spacial score (nSPS) is 12.6. The van der Waals surface area contributed by atoms with Crippen LogP contribution in [0.25, 0.3) is 0 Å². The molecule has 1 unspecified atom stereocenters. The summed E-state index contributed by atoms with van der Waals surface area (Å²) in [6.07, 6.45) is 5.84. The highest BCUT2D eigenvalue weighted by atomic mass is 19.1. The van der Waals surface area contributed by atoms with Crippen molar-refractivity contribution in [1.82, 2.24) is 15.1 Å². The number of halogens is 1. The number of hydrogen-bond donors (Lipinski definition) is 1. The first-order chi connectivity index (χ1) is 9.60. The molecule has 1 aromatic heterocycles. The van der Waals surface area contributed by atoms with Gasteiger partial charge in [0, 0.05) is 19.3 Å². The number of benzene rings is 1. The van der Waals surface area contributed by atoms with Gasteiger partial charge in [0.15, 0.2) is 0 Å². The molecule has 4 heteroatoms. The van der Waals surface area contributed by atoms with Crippen LogP contribution in [0.3, 0.4) is 0 Å². The van der Waals surface area contributed by atoms with Gasteiger partial charge in [0.2, 0.25) is 0 Å². The second-order valence-electron chi connectivity index (χ2n) is 5.24. The first kappa shape index (κ1) is 14.7. The topological polar surface area (TPSA) is 29.9 Å².